The molecule has 0 saturated carbocycles. The lowest BCUT2D eigenvalue weighted by molar-refractivity contribution is -0.153. The minimum Gasteiger partial charge on any atom is -0.451 e. The highest BCUT2D eigenvalue weighted by Gasteiger charge is 2.20. The lowest BCUT2D eigenvalue weighted by Gasteiger charge is -2.14. The highest BCUT2D eigenvalue weighted by molar-refractivity contribution is 5.95. The Kier molecular flexibility index (Phi) is 4.88. The van der Waals surface area contributed by atoms with Crippen molar-refractivity contribution in [2.75, 3.05) is 5.32 Å². The Hall–Kier alpha value is -3.35. The van der Waals surface area contributed by atoms with Gasteiger partial charge in [0.25, 0.3) is 5.91 Å². The average molecular weight is 354 g/mol. The number of rotatable bonds is 5. The number of hydrogen-bond donors (Lipinski definition) is 1. The molecular weight excluding hydrogens is 336 g/mol. The molecule has 7 heteroatoms. The highest BCUT2D eigenvalue weighted by atomic mass is 16.5. The molecule has 2 aromatic carbocycles. The maximum absolute atomic E-state index is 12.2. The summed E-state index contributed by atoms with van der Waals surface area (Å²) in [5.74, 6) is -1.81. The third kappa shape index (κ3) is 3.83. The molecular formula is C19H18N2O5. The van der Waals surface area contributed by atoms with Gasteiger partial charge in [0.15, 0.2) is 11.7 Å². The molecule has 134 valence electrons. The van der Waals surface area contributed by atoms with E-state index in [1.165, 1.54) is 11.5 Å². The molecule has 0 unspecified atom stereocenters. The number of amides is 1. The maximum atomic E-state index is 12.2. The second kappa shape index (κ2) is 7.26. The molecule has 0 aliphatic carbocycles. The number of esters is 1. The van der Waals surface area contributed by atoms with Gasteiger partial charge in [-0.05, 0) is 43.7 Å². The topological polar surface area (TPSA) is 90.5 Å². The first kappa shape index (κ1) is 17.5. The van der Waals surface area contributed by atoms with Gasteiger partial charge in [-0.1, -0.05) is 24.3 Å². The molecule has 0 radical (unpaired) electrons. The van der Waals surface area contributed by atoms with Gasteiger partial charge < -0.3 is 14.5 Å². The summed E-state index contributed by atoms with van der Waals surface area (Å²) < 4.78 is 11.4. The number of nitrogens with one attached hydrogen (secondary N) is 1. The smallest absolute Gasteiger partial charge is 0.420 e. The summed E-state index contributed by atoms with van der Waals surface area (Å²) in [6.07, 6.45) is -1.00. The highest BCUT2D eigenvalue weighted by Crippen LogP contribution is 2.13. The van der Waals surface area contributed by atoms with Crippen molar-refractivity contribution < 1.29 is 18.7 Å². The number of aromatic nitrogens is 1. The van der Waals surface area contributed by atoms with Crippen molar-refractivity contribution in [3.05, 3.63) is 64.6 Å². The van der Waals surface area contributed by atoms with Crippen molar-refractivity contribution in [2.45, 2.75) is 26.5 Å². The molecule has 0 saturated heterocycles. The van der Waals surface area contributed by atoms with Crippen LogP contribution in [-0.2, 0) is 20.9 Å². The second-order valence-electron chi connectivity index (χ2n) is 5.91. The second-order valence-corrected chi connectivity index (χ2v) is 5.91. The fourth-order valence-corrected chi connectivity index (χ4v) is 2.55. The number of ether oxygens (including phenoxy) is 1. The monoisotopic (exact) mass is 354 g/mol. The van der Waals surface area contributed by atoms with Crippen LogP contribution in [0.3, 0.4) is 0 Å². The summed E-state index contributed by atoms with van der Waals surface area (Å²) in [6, 6.07) is 14.0. The molecule has 1 amide bonds. The van der Waals surface area contributed by atoms with Gasteiger partial charge in [-0.3, -0.25) is 14.2 Å². The van der Waals surface area contributed by atoms with E-state index < -0.39 is 23.7 Å². The maximum Gasteiger partial charge on any atom is 0.420 e. The van der Waals surface area contributed by atoms with Crippen LogP contribution in [0.4, 0.5) is 5.69 Å². The summed E-state index contributed by atoms with van der Waals surface area (Å²) in [7, 11) is 0. The Bertz CT molecular complexity index is 1020. The molecule has 1 aromatic heterocycles. The van der Waals surface area contributed by atoms with Crippen LogP contribution in [-0.4, -0.2) is 22.5 Å². The molecule has 1 atom stereocenters. The number of anilines is 1. The molecule has 3 aromatic rings. The average Bonchev–Trinajstić information content (AvgIpc) is 2.90. The number of hydrogen-bond acceptors (Lipinski definition) is 5. The largest absolute Gasteiger partial charge is 0.451 e. The fourth-order valence-electron chi connectivity index (χ4n) is 2.55. The van der Waals surface area contributed by atoms with Gasteiger partial charge >= 0.3 is 11.7 Å². The summed E-state index contributed by atoms with van der Waals surface area (Å²) in [5.41, 5.74) is 2.50. The van der Waals surface area contributed by atoms with E-state index in [0.717, 1.165) is 5.56 Å². The van der Waals surface area contributed by atoms with E-state index in [1.807, 2.05) is 25.1 Å². The summed E-state index contributed by atoms with van der Waals surface area (Å²) >= 11 is 0. The van der Waals surface area contributed by atoms with Gasteiger partial charge in [-0.15, -0.1) is 0 Å². The third-order valence-corrected chi connectivity index (χ3v) is 3.82. The molecule has 0 spiro atoms. The van der Waals surface area contributed by atoms with E-state index in [-0.39, 0.29) is 6.54 Å². The Balaban J connectivity index is 1.64. The van der Waals surface area contributed by atoms with Crippen molar-refractivity contribution in [3.8, 4) is 0 Å². The molecule has 0 aliphatic heterocycles. The normalized spacial score (nSPS) is 11.9. The molecule has 0 bridgehead atoms. The zero-order valence-corrected chi connectivity index (χ0v) is 14.4. The number of aryl methyl sites for hydroxylation is 1. The molecule has 26 heavy (non-hydrogen) atoms. The van der Waals surface area contributed by atoms with E-state index >= 15 is 0 Å². The van der Waals surface area contributed by atoms with Gasteiger partial charge in [0.05, 0.1) is 5.52 Å². The molecule has 3 rings (SSSR count). The van der Waals surface area contributed by atoms with Crippen molar-refractivity contribution >= 4 is 28.7 Å². The van der Waals surface area contributed by atoms with E-state index in [2.05, 4.69) is 5.32 Å². The van der Waals surface area contributed by atoms with Crippen LogP contribution in [0.2, 0.25) is 0 Å². The first-order valence-electron chi connectivity index (χ1n) is 8.09. The number of nitrogens with zero attached hydrogens (tertiary/aromatic N) is 1. The number of fused-ring (bicyclic) bond motifs is 1. The van der Waals surface area contributed by atoms with Crippen molar-refractivity contribution in [1.82, 2.24) is 4.57 Å². The lowest BCUT2D eigenvalue weighted by atomic mass is 10.2. The van der Waals surface area contributed by atoms with E-state index in [0.29, 0.717) is 16.8 Å². The molecule has 1 N–H and O–H groups in total. The minimum absolute atomic E-state index is 0.335. The number of para-hydroxylation sites is 2. The van der Waals surface area contributed by atoms with Gasteiger partial charge in [-0.2, -0.15) is 0 Å². The van der Waals surface area contributed by atoms with Crippen LogP contribution >= 0.6 is 0 Å². The lowest BCUT2D eigenvalue weighted by Crippen LogP contribution is -2.32. The Morgan fingerprint density at radius 1 is 1.19 bits per heavy atom. The predicted molar refractivity (Wildman–Crippen MR) is 95.8 cm³/mol. The first-order chi connectivity index (χ1) is 12.4. The van der Waals surface area contributed by atoms with Crippen molar-refractivity contribution in [1.29, 1.82) is 0 Å². The molecule has 0 fully saturated rings. The first-order valence-corrected chi connectivity index (χ1v) is 8.09. The summed E-state index contributed by atoms with van der Waals surface area (Å²) in [6.45, 7) is 3.04. The Labute approximate surface area is 149 Å². The Morgan fingerprint density at radius 2 is 1.96 bits per heavy atom. The zero-order valence-electron chi connectivity index (χ0n) is 14.4. The fraction of sp³-hybridized carbons (Fsp3) is 0.211. The summed E-state index contributed by atoms with van der Waals surface area (Å²) in [4.78, 5) is 36.2. The van der Waals surface area contributed by atoms with Crippen molar-refractivity contribution in [3.63, 3.8) is 0 Å². The van der Waals surface area contributed by atoms with Gasteiger partial charge in [0.2, 0.25) is 0 Å². The predicted octanol–water partition coefficient (Wildman–Crippen LogP) is 2.47. The van der Waals surface area contributed by atoms with Crippen LogP contribution in [0.5, 0.6) is 0 Å². The van der Waals surface area contributed by atoms with Gasteiger partial charge in [0, 0.05) is 5.69 Å². The molecule has 1 heterocycles. The minimum atomic E-state index is -1.00. The molecule has 7 nitrogen and oxygen atoms in total. The number of carbonyl (C=O) groups excluding carboxylic acids is 2. The SMILES string of the molecule is Cc1cccc(NC(=O)[C@H](C)OC(=O)Cn2c(=O)oc3ccccc32)c1. The molecule has 0 aliphatic rings. The quantitative estimate of drug-likeness (QED) is 0.711. The number of carbonyl (C=O) groups is 2. The van der Waals surface area contributed by atoms with Crippen LogP contribution in [0.1, 0.15) is 12.5 Å². The summed E-state index contributed by atoms with van der Waals surface area (Å²) in [5, 5.41) is 2.68. The number of benzene rings is 2. The standard InChI is InChI=1S/C19H18N2O5/c1-12-6-5-7-14(10-12)20-18(23)13(2)25-17(22)11-21-15-8-3-4-9-16(15)26-19(21)24/h3-10,13H,11H2,1-2H3,(H,20,23)/t13-/m0/s1. The van der Waals surface area contributed by atoms with Crippen LogP contribution in [0.15, 0.2) is 57.7 Å². The van der Waals surface area contributed by atoms with Gasteiger partial charge in [-0.25, -0.2) is 4.79 Å². The Morgan fingerprint density at radius 3 is 2.73 bits per heavy atom. The van der Waals surface area contributed by atoms with Crippen LogP contribution in [0.25, 0.3) is 11.1 Å². The number of oxazole rings is 1. The third-order valence-electron chi connectivity index (χ3n) is 3.82. The van der Waals surface area contributed by atoms with Gasteiger partial charge in [0.1, 0.15) is 6.54 Å². The van der Waals surface area contributed by atoms with Crippen molar-refractivity contribution in [2.24, 2.45) is 0 Å². The van der Waals surface area contributed by atoms with Crippen LogP contribution in [0, 0.1) is 6.92 Å². The van der Waals surface area contributed by atoms with Crippen LogP contribution < -0.4 is 11.1 Å². The van der Waals surface area contributed by atoms with E-state index in [4.69, 9.17) is 9.15 Å². The van der Waals surface area contributed by atoms with E-state index in [1.54, 1.807) is 30.3 Å². The zero-order chi connectivity index (χ0) is 18.7. The van der Waals surface area contributed by atoms with E-state index in [9.17, 15) is 14.4 Å².